The Balaban J connectivity index is 2.42. The van der Waals surface area contributed by atoms with Crippen molar-refractivity contribution in [2.24, 2.45) is 0 Å². The molecule has 0 spiro atoms. The summed E-state index contributed by atoms with van der Waals surface area (Å²) in [5, 5.41) is 13.3. The molecule has 2 rings (SSSR count). The molecule has 0 unspecified atom stereocenters. The van der Waals surface area contributed by atoms with E-state index in [1.165, 1.54) is 32.2 Å². The number of non-ortho nitro benzene ring substituents is 1. The van der Waals surface area contributed by atoms with Crippen molar-refractivity contribution < 1.29 is 18.1 Å². The Bertz CT molecular complexity index is 960. The third-order valence-corrected chi connectivity index (χ3v) is 5.21. The number of aryl methyl sites for hydroxylation is 1. The molecule has 2 aromatic carbocycles. The molecule has 0 saturated heterocycles. The van der Waals surface area contributed by atoms with Gasteiger partial charge in [-0.3, -0.25) is 19.6 Å². The number of nitrogens with one attached hydrogen (secondary N) is 2. The predicted octanol–water partition coefficient (Wildman–Crippen LogP) is 2.72. The lowest BCUT2D eigenvalue weighted by Crippen LogP contribution is -2.19. The minimum atomic E-state index is -4.05. The third kappa shape index (κ3) is 4.06. The fourth-order valence-corrected chi connectivity index (χ4v) is 3.66. The molecule has 2 aromatic rings. The molecule has 0 saturated carbocycles. The van der Waals surface area contributed by atoms with Crippen molar-refractivity contribution in [1.82, 2.24) is 5.32 Å². The number of benzene rings is 2. The van der Waals surface area contributed by atoms with E-state index in [4.69, 9.17) is 11.6 Å². The zero-order chi connectivity index (χ0) is 18.8. The van der Waals surface area contributed by atoms with Gasteiger partial charge in [-0.15, -0.1) is 0 Å². The zero-order valence-electron chi connectivity index (χ0n) is 13.2. The van der Waals surface area contributed by atoms with Crippen molar-refractivity contribution in [3.05, 3.63) is 62.7 Å². The molecular weight excluding hydrogens is 370 g/mol. The molecule has 132 valence electrons. The molecule has 0 bridgehead atoms. The lowest BCUT2D eigenvalue weighted by molar-refractivity contribution is -0.385. The van der Waals surface area contributed by atoms with Gasteiger partial charge in [0.1, 0.15) is 0 Å². The number of nitro benzene ring substituents is 1. The quantitative estimate of drug-likeness (QED) is 0.607. The fraction of sp³-hybridized carbons (Fsp3) is 0.133. The van der Waals surface area contributed by atoms with E-state index in [1.807, 2.05) is 0 Å². The average molecular weight is 384 g/mol. The van der Waals surface area contributed by atoms with E-state index in [9.17, 15) is 23.3 Å². The van der Waals surface area contributed by atoms with Crippen LogP contribution in [0.25, 0.3) is 0 Å². The molecule has 0 aromatic heterocycles. The Hall–Kier alpha value is -2.65. The van der Waals surface area contributed by atoms with Crippen molar-refractivity contribution in [2.75, 3.05) is 11.8 Å². The highest BCUT2D eigenvalue weighted by Crippen LogP contribution is 2.28. The van der Waals surface area contributed by atoms with E-state index in [0.717, 1.165) is 18.2 Å². The van der Waals surface area contributed by atoms with Crippen LogP contribution < -0.4 is 10.0 Å². The van der Waals surface area contributed by atoms with Gasteiger partial charge in [-0.05, 0) is 36.8 Å². The van der Waals surface area contributed by atoms with Crippen LogP contribution in [0.5, 0.6) is 0 Å². The molecule has 0 aliphatic carbocycles. The molecule has 0 aliphatic rings. The van der Waals surface area contributed by atoms with Crippen LogP contribution in [-0.2, 0) is 10.0 Å². The molecule has 1 amide bonds. The first-order valence-corrected chi connectivity index (χ1v) is 8.81. The van der Waals surface area contributed by atoms with Crippen molar-refractivity contribution in [3.8, 4) is 0 Å². The molecule has 8 nitrogen and oxygen atoms in total. The number of sulfonamides is 1. The van der Waals surface area contributed by atoms with Crippen molar-refractivity contribution in [2.45, 2.75) is 11.8 Å². The molecule has 0 radical (unpaired) electrons. The Labute approximate surface area is 149 Å². The SMILES string of the molecule is CNC(=O)c1ccc(Cl)c(NS(=O)(=O)c2ccc([N+](=O)[O-])cc2C)c1. The number of amides is 1. The van der Waals surface area contributed by atoms with Gasteiger partial charge in [-0.25, -0.2) is 8.42 Å². The average Bonchev–Trinajstić information content (AvgIpc) is 2.55. The van der Waals surface area contributed by atoms with E-state index in [2.05, 4.69) is 10.0 Å². The summed E-state index contributed by atoms with van der Waals surface area (Å²) >= 11 is 6.00. The highest BCUT2D eigenvalue weighted by atomic mass is 35.5. The second kappa shape index (κ2) is 7.08. The molecule has 0 heterocycles. The minimum Gasteiger partial charge on any atom is -0.355 e. The maximum Gasteiger partial charge on any atom is 0.269 e. The Morgan fingerprint density at radius 2 is 1.88 bits per heavy atom. The maximum atomic E-state index is 12.6. The maximum absolute atomic E-state index is 12.6. The van der Waals surface area contributed by atoms with Crippen LogP contribution in [-0.4, -0.2) is 26.3 Å². The normalized spacial score (nSPS) is 11.0. The number of hydrogen-bond donors (Lipinski definition) is 2. The largest absolute Gasteiger partial charge is 0.355 e. The van der Waals surface area contributed by atoms with E-state index in [-0.39, 0.29) is 32.4 Å². The first-order valence-electron chi connectivity index (χ1n) is 6.95. The zero-order valence-corrected chi connectivity index (χ0v) is 14.8. The summed E-state index contributed by atoms with van der Waals surface area (Å²) in [5.74, 6) is -0.399. The highest BCUT2D eigenvalue weighted by Gasteiger charge is 2.21. The van der Waals surface area contributed by atoms with Crippen LogP contribution in [0.4, 0.5) is 11.4 Å². The fourth-order valence-electron chi connectivity index (χ4n) is 2.14. The topological polar surface area (TPSA) is 118 Å². The molecule has 25 heavy (non-hydrogen) atoms. The highest BCUT2D eigenvalue weighted by molar-refractivity contribution is 7.92. The number of carbonyl (C=O) groups excluding carboxylic acids is 1. The summed E-state index contributed by atoms with van der Waals surface area (Å²) in [4.78, 5) is 21.7. The Kier molecular flexibility index (Phi) is 5.29. The van der Waals surface area contributed by atoms with Crippen molar-refractivity contribution in [3.63, 3.8) is 0 Å². The van der Waals surface area contributed by atoms with E-state index in [0.29, 0.717) is 0 Å². The second-order valence-corrected chi connectivity index (χ2v) is 7.14. The van der Waals surface area contributed by atoms with Crippen LogP contribution in [0.3, 0.4) is 0 Å². The van der Waals surface area contributed by atoms with Crippen LogP contribution in [0.1, 0.15) is 15.9 Å². The molecule has 0 atom stereocenters. The van der Waals surface area contributed by atoms with Gasteiger partial charge in [0, 0.05) is 24.7 Å². The van der Waals surface area contributed by atoms with Crippen molar-refractivity contribution >= 4 is 38.9 Å². The monoisotopic (exact) mass is 383 g/mol. The van der Waals surface area contributed by atoms with Gasteiger partial charge in [-0.1, -0.05) is 11.6 Å². The van der Waals surface area contributed by atoms with Crippen LogP contribution in [0, 0.1) is 17.0 Å². The van der Waals surface area contributed by atoms with E-state index >= 15 is 0 Å². The summed E-state index contributed by atoms with van der Waals surface area (Å²) in [5.41, 5.74) is 0.252. The summed E-state index contributed by atoms with van der Waals surface area (Å²) in [6.45, 7) is 1.45. The first-order chi connectivity index (χ1) is 11.7. The summed E-state index contributed by atoms with van der Waals surface area (Å²) in [6, 6.07) is 7.57. The smallest absolute Gasteiger partial charge is 0.269 e. The Morgan fingerprint density at radius 1 is 1.20 bits per heavy atom. The minimum absolute atomic E-state index is 0.0283. The number of nitro groups is 1. The number of halogens is 1. The number of hydrogen-bond acceptors (Lipinski definition) is 5. The van der Waals surface area contributed by atoms with Gasteiger partial charge in [0.05, 0.1) is 20.5 Å². The standard InChI is InChI=1S/C15H14ClN3O5S/c1-9-7-11(19(21)22)4-6-14(9)25(23,24)18-13-8-10(15(20)17-2)3-5-12(13)16/h3-8,18H,1-2H3,(H,17,20). The first kappa shape index (κ1) is 18.7. The van der Waals surface area contributed by atoms with E-state index in [1.54, 1.807) is 0 Å². The van der Waals surface area contributed by atoms with Crippen LogP contribution in [0.15, 0.2) is 41.3 Å². The molecule has 0 aliphatic heterocycles. The molecule has 10 heteroatoms. The van der Waals surface area contributed by atoms with E-state index < -0.39 is 20.9 Å². The van der Waals surface area contributed by atoms with Crippen LogP contribution >= 0.6 is 11.6 Å². The number of carbonyl (C=O) groups is 1. The van der Waals surface area contributed by atoms with Gasteiger partial charge in [-0.2, -0.15) is 0 Å². The molecule has 0 fully saturated rings. The lowest BCUT2D eigenvalue weighted by Gasteiger charge is -2.12. The summed E-state index contributed by atoms with van der Waals surface area (Å²) in [6.07, 6.45) is 0. The second-order valence-electron chi connectivity index (χ2n) is 5.09. The molecule has 2 N–H and O–H groups in total. The van der Waals surface area contributed by atoms with Crippen LogP contribution in [0.2, 0.25) is 5.02 Å². The number of nitrogens with zero attached hydrogens (tertiary/aromatic N) is 1. The predicted molar refractivity (Wildman–Crippen MR) is 93.5 cm³/mol. The van der Waals surface area contributed by atoms with Gasteiger partial charge < -0.3 is 5.32 Å². The number of rotatable bonds is 5. The van der Waals surface area contributed by atoms with Gasteiger partial charge >= 0.3 is 0 Å². The Morgan fingerprint density at radius 3 is 2.44 bits per heavy atom. The van der Waals surface area contributed by atoms with Gasteiger partial charge in [0.15, 0.2) is 0 Å². The third-order valence-electron chi connectivity index (χ3n) is 3.36. The molecular formula is C15H14ClN3O5S. The number of anilines is 1. The lowest BCUT2D eigenvalue weighted by atomic mass is 10.2. The summed E-state index contributed by atoms with van der Waals surface area (Å²) < 4.78 is 27.4. The van der Waals surface area contributed by atoms with Crippen molar-refractivity contribution in [1.29, 1.82) is 0 Å². The van der Waals surface area contributed by atoms with Gasteiger partial charge in [0.2, 0.25) is 0 Å². The van der Waals surface area contributed by atoms with Gasteiger partial charge in [0.25, 0.3) is 21.6 Å². The summed E-state index contributed by atoms with van der Waals surface area (Å²) in [7, 11) is -2.60.